The monoisotopic (exact) mass is 488 g/mol. The molecule has 0 bridgehead atoms. The van der Waals surface area contributed by atoms with Crippen LogP contribution in [0.4, 0.5) is 0 Å². The van der Waals surface area contributed by atoms with Crippen molar-refractivity contribution in [3.8, 4) is 0 Å². The van der Waals surface area contributed by atoms with Gasteiger partial charge in [-0.25, -0.2) is 4.79 Å². The maximum Gasteiger partial charge on any atom is 0.331 e. The molecule has 2 N–H and O–H groups in total. The molecule has 0 unspecified atom stereocenters. The number of nitrogens with one attached hydrogen (secondary N) is 2. The molecular formula is C27H28N4O5. The van der Waals surface area contributed by atoms with E-state index in [4.69, 9.17) is 4.42 Å². The molecule has 0 aliphatic carbocycles. The Morgan fingerprint density at radius 1 is 0.778 bits per heavy atom. The highest BCUT2D eigenvalue weighted by Gasteiger charge is 2.15. The molecule has 0 aliphatic rings. The van der Waals surface area contributed by atoms with Crippen LogP contribution in [0.25, 0.3) is 10.9 Å². The molecule has 9 heteroatoms. The molecule has 0 fully saturated rings. The average Bonchev–Trinajstić information content (AvgIpc) is 3.43. The Balaban J connectivity index is 1.41. The second-order valence-electron chi connectivity index (χ2n) is 8.42. The molecule has 4 rings (SSSR count). The van der Waals surface area contributed by atoms with E-state index in [0.717, 1.165) is 10.1 Å². The van der Waals surface area contributed by atoms with Crippen molar-refractivity contribution in [1.29, 1.82) is 0 Å². The van der Waals surface area contributed by atoms with Gasteiger partial charge in [0.25, 0.3) is 5.56 Å². The maximum absolute atomic E-state index is 13.2. The minimum absolute atomic E-state index is 0.134. The lowest BCUT2D eigenvalue weighted by atomic mass is 10.2. The summed E-state index contributed by atoms with van der Waals surface area (Å²) < 4.78 is 7.66. The third-order valence-corrected chi connectivity index (χ3v) is 5.84. The Kier molecular flexibility index (Phi) is 8.12. The van der Waals surface area contributed by atoms with Gasteiger partial charge in [0, 0.05) is 19.5 Å². The zero-order valence-electron chi connectivity index (χ0n) is 19.8. The third-order valence-electron chi connectivity index (χ3n) is 5.84. The van der Waals surface area contributed by atoms with Crippen molar-refractivity contribution in [1.82, 2.24) is 19.8 Å². The van der Waals surface area contributed by atoms with Gasteiger partial charge in [-0.1, -0.05) is 42.5 Å². The first-order valence-electron chi connectivity index (χ1n) is 11.8. The van der Waals surface area contributed by atoms with Crippen LogP contribution in [0, 0.1) is 0 Å². The first kappa shape index (κ1) is 24.7. The number of hydrogen-bond acceptors (Lipinski definition) is 5. The second kappa shape index (κ2) is 11.8. The summed E-state index contributed by atoms with van der Waals surface area (Å²) in [6.07, 6.45) is 2.77. The van der Waals surface area contributed by atoms with Crippen molar-refractivity contribution in [2.24, 2.45) is 0 Å². The Hall–Kier alpha value is -4.40. The van der Waals surface area contributed by atoms with Gasteiger partial charge in [0.15, 0.2) is 0 Å². The number of para-hydroxylation sites is 1. The zero-order chi connectivity index (χ0) is 25.3. The van der Waals surface area contributed by atoms with Gasteiger partial charge in [0.05, 0.1) is 23.7 Å². The van der Waals surface area contributed by atoms with Crippen LogP contribution in [-0.2, 0) is 35.8 Å². The van der Waals surface area contributed by atoms with Crippen LogP contribution in [0.1, 0.15) is 30.6 Å². The van der Waals surface area contributed by atoms with Crippen LogP contribution in [0.3, 0.4) is 0 Å². The first-order chi connectivity index (χ1) is 17.5. The molecule has 186 valence electrons. The number of fused-ring (bicyclic) bond motifs is 1. The summed E-state index contributed by atoms with van der Waals surface area (Å²) in [5.41, 5.74) is 0.409. The fourth-order valence-electron chi connectivity index (χ4n) is 3.96. The lowest BCUT2D eigenvalue weighted by molar-refractivity contribution is -0.122. The van der Waals surface area contributed by atoms with Crippen molar-refractivity contribution < 1.29 is 14.0 Å². The molecule has 4 aromatic rings. The molecular weight excluding hydrogens is 460 g/mol. The normalized spacial score (nSPS) is 10.9. The van der Waals surface area contributed by atoms with Crippen LogP contribution in [0.15, 0.2) is 87.0 Å². The topological polar surface area (TPSA) is 115 Å². The van der Waals surface area contributed by atoms with Crippen molar-refractivity contribution in [2.75, 3.05) is 0 Å². The molecule has 0 saturated carbocycles. The Morgan fingerprint density at radius 3 is 2.31 bits per heavy atom. The molecule has 2 heterocycles. The molecule has 0 aliphatic heterocycles. The van der Waals surface area contributed by atoms with Gasteiger partial charge in [-0.05, 0) is 42.7 Å². The molecule has 0 saturated heterocycles. The van der Waals surface area contributed by atoms with Gasteiger partial charge in [0.2, 0.25) is 11.8 Å². The summed E-state index contributed by atoms with van der Waals surface area (Å²) in [7, 11) is 0. The van der Waals surface area contributed by atoms with E-state index in [2.05, 4.69) is 10.6 Å². The van der Waals surface area contributed by atoms with Gasteiger partial charge in [-0.2, -0.15) is 0 Å². The smallest absolute Gasteiger partial charge is 0.331 e. The summed E-state index contributed by atoms with van der Waals surface area (Å²) in [5.74, 6) is 0.203. The van der Waals surface area contributed by atoms with E-state index in [1.807, 2.05) is 30.3 Å². The van der Waals surface area contributed by atoms with Crippen molar-refractivity contribution in [3.05, 3.63) is 105 Å². The standard InChI is InChI=1S/C27H28N4O5/c32-24(29-18-21-11-8-16-36-21)14-6-7-15-30-26(34)22-12-4-5-13-23(22)31(27(30)35)19-25(33)28-17-20-9-2-1-3-10-20/h1-5,8-13,16H,6-7,14-15,17-19H2,(H,28,33)(H,29,32). The van der Waals surface area contributed by atoms with E-state index in [0.29, 0.717) is 42.6 Å². The molecule has 36 heavy (non-hydrogen) atoms. The highest BCUT2D eigenvalue weighted by atomic mass is 16.3. The minimum atomic E-state index is -0.546. The second-order valence-corrected chi connectivity index (χ2v) is 8.42. The molecule has 2 amide bonds. The number of furan rings is 1. The highest BCUT2D eigenvalue weighted by Crippen LogP contribution is 2.08. The Labute approximate surface area is 207 Å². The van der Waals surface area contributed by atoms with E-state index in [9.17, 15) is 19.2 Å². The van der Waals surface area contributed by atoms with E-state index < -0.39 is 11.2 Å². The largest absolute Gasteiger partial charge is 0.467 e. The Bertz CT molecular complexity index is 1440. The number of hydrogen-bond donors (Lipinski definition) is 2. The number of benzene rings is 2. The van der Waals surface area contributed by atoms with E-state index in [-0.39, 0.29) is 31.3 Å². The first-order valence-corrected chi connectivity index (χ1v) is 11.8. The number of nitrogens with zero attached hydrogens (tertiary/aromatic N) is 2. The fraction of sp³-hybridized carbons (Fsp3) is 0.259. The molecule has 2 aromatic heterocycles. The van der Waals surface area contributed by atoms with Gasteiger partial charge < -0.3 is 15.1 Å². The van der Waals surface area contributed by atoms with E-state index >= 15 is 0 Å². The average molecular weight is 489 g/mol. The van der Waals surface area contributed by atoms with Crippen LogP contribution in [-0.4, -0.2) is 20.9 Å². The summed E-state index contributed by atoms with van der Waals surface area (Å²) in [4.78, 5) is 51.0. The predicted molar refractivity (Wildman–Crippen MR) is 135 cm³/mol. The SMILES string of the molecule is O=C(CCCCn1c(=O)c2ccccc2n(CC(=O)NCc2ccccc2)c1=O)NCc1ccco1. The van der Waals surface area contributed by atoms with Gasteiger partial charge >= 0.3 is 5.69 Å². The number of carbonyl (C=O) groups excluding carboxylic acids is 2. The van der Waals surface area contributed by atoms with Crippen molar-refractivity contribution in [2.45, 2.75) is 45.4 Å². The van der Waals surface area contributed by atoms with E-state index in [1.54, 1.807) is 42.7 Å². The van der Waals surface area contributed by atoms with Crippen molar-refractivity contribution >= 4 is 22.7 Å². The summed E-state index contributed by atoms with van der Waals surface area (Å²) in [6.45, 7) is 0.599. The summed E-state index contributed by atoms with van der Waals surface area (Å²) >= 11 is 0. The number of aromatic nitrogens is 2. The van der Waals surface area contributed by atoms with Gasteiger partial charge in [0.1, 0.15) is 12.3 Å². The van der Waals surface area contributed by atoms with Crippen LogP contribution < -0.4 is 21.9 Å². The molecule has 2 aromatic carbocycles. The predicted octanol–water partition coefficient (Wildman–Crippen LogP) is 2.56. The molecule has 9 nitrogen and oxygen atoms in total. The number of rotatable bonds is 11. The number of carbonyl (C=O) groups is 2. The summed E-state index contributed by atoms with van der Waals surface area (Å²) in [5, 5.41) is 5.96. The van der Waals surface area contributed by atoms with Crippen LogP contribution in [0.2, 0.25) is 0 Å². The molecule has 0 spiro atoms. The highest BCUT2D eigenvalue weighted by molar-refractivity contribution is 5.81. The Morgan fingerprint density at radius 2 is 1.53 bits per heavy atom. The van der Waals surface area contributed by atoms with Crippen molar-refractivity contribution in [3.63, 3.8) is 0 Å². The lowest BCUT2D eigenvalue weighted by Crippen LogP contribution is -2.42. The number of amides is 2. The molecule has 0 radical (unpaired) electrons. The molecule has 0 atom stereocenters. The van der Waals surface area contributed by atoms with E-state index in [1.165, 1.54) is 4.57 Å². The maximum atomic E-state index is 13.2. The number of unbranched alkanes of at least 4 members (excludes halogenated alkanes) is 1. The fourth-order valence-corrected chi connectivity index (χ4v) is 3.96. The third kappa shape index (κ3) is 6.18. The zero-order valence-corrected chi connectivity index (χ0v) is 19.8. The lowest BCUT2D eigenvalue weighted by Gasteiger charge is -2.14. The summed E-state index contributed by atoms with van der Waals surface area (Å²) in [6, 6.07) is 19.8. The van der Waals surface area contributed by atoms with Crippen LogP contribution >= 0.6 is 0 Å². The van der Waals surface area contributed by atoms with Gasteiger partial charge in [-0.15, -0.1) is 0 Å². The van der Waals surface area contributed by atoms with Crippen LogP contribution in [0.5, 0.6) is 0 Å². The minimum Gasteiger partial charge on any atom is -0.467 e. The van der Waals surface area contributed by atoms with Gasteiger partial charge in [-0.3, -0.25) is 23.5 Å². The quantitative estimate of drug-likeness (QED) is 0.315.